The Kier molecular flexibility index (Phi) is 5.54. The Balaban J connectivity index is 2.17. The molecule has 0 saturated carbocycles. The molecule has 0 heterocycles. The number of anilines is 1. The van der Waals surface area contributed by atoms with E-state index in [9.17, 15) is 4.79 Å². The van der Waals surface area contributed by atoms with Crippen LogP contribution < -0.4 is 10.6 Å². The summed E-state index contributed by atoms with van der Waals surface area (Å²) in [5, 5.41) is 8.88. The van der Waals surface area contributed by atoms with E-state index in [1.807, 2.05) is 48.5 Å². The van der Waals surface area contributed by atoms with Crippen molar-refractivity contribution in [3.8, 4) is 6.07 Å². The lowest BCUT2D eigenvalue weighted by Crippen LogP contribution is -2.21. The van der Waals surface area contributed by atoms with Crippen molar-refractivity contribution >= 4 is 17.7 Å². The van der Waals surface area contributed by atoms with Gasteiger partial charge in [-0.2, -0.15) is 5.26 Å². The van der Waals surface area contributed by atoms with Gasteiger partial charge in [0.15, 0.2) is 0 Å². The number of hydrogen-bond donors (Lipinski definition) is 1. The van der Waals surface area contributed by atoms with Crippen molar-refractivity contribution in [1.29, 1.82) is 5.26 Å². The van der Waals surface area contributed by atoms with Crippen LogP contribution in [-0.4, -0.2) is 12.5 Å². The first-order chi connectivity index (χ1) is 11.1. The van der Waals surface area contributed by atoms with Gasteiger partial charge in [0.1, 0.15) is 11.6 Å². The van der Waals surface area contributed by atoms with Crippen molar-refractivity contribution in [3.63, 3.8) is 0 Å². The Morgan fingerprint density at radius 3 is 2.35 bits per heavy atom. The molecule has 0 saturated heterocycles. The summed E-state index contributed by atoms with van der Waals surface area (Å²) in [5.41, 5.74) is 8.21. The standard InChI is InChI=1S/C19H19N3O/c1-2-22(14-16-6-4-3-5-7-16)18-10-8-15(9-11-18)12-17(13-20)19(21)23/h3-12H,2,14H2,1H3,(H2,21,23). The SMILES string of the molecule is CCN(Cc1ccccc1)c1ccc(C=C(C#N)C(N)=O)cc1. The van der Waals surface area contributed by atoms with E-state index in [1.165, 1.54) is 11.6 Å². The van der Waals surface area contributed by atoms with E-state index in [4.69, 9.17) is 11.0 Å². The molecule has 1 amide bonds. The molecular formula is C19H19N3O. The molecule has 2 rings (SSSR count). The van der Waals surface area contributed by atoms with E-state index < -0.39 is 5.91 Å². The Hall–Kier alpha value is -3.06. The molecule has 4 nitrogen and oxygen atoms in total. The number of rotatable bonds is 6. The molecule has 2 N–H and O–H groups in total. The van der Waals surface area contributed by atoms with Crippen molar-refractivity contribution in [3.05, 3.63) is 71.3 Å². The smallest absolute Gasteiger partial charge is 0.259 e. The maximum atomic E-state index is 11.1. The van der Waals surface area contributed by atoms with E-state index in [1.54, 1.807) is 0 Å². The Labute approximate surface area is 136 Å². The van der Waals surface area contributed by atoms with Crippen LogP contribution in [0.4, 0.5) is 5.69 Å². The second kappa shape index (κ2) is 7.81. The molecular weight excluding hydrogens is 286 g/mol. The average molecular weight is 305 g/mol. The van der Waals surface area contributed by atoms with Crippen molar-refractivity contribution in [2.24, 2.45) is 5.73 Å². The van der Waals surface area contributed by atoms with Crippen LogP contribution >= 0.6 is 0 Å². The van der Waals surface area contributed by atoms with Crippen LogP contribution in [0, 0.1) is 11.3 Å². The van der Waals surface area contributed by atoms with Gasteiger partial charge in [-0.05, 0) is 36.3 Å². The molecule has 0 unspecified atom stereocenters. The van der Waals surface area contributed by atoms with Crippen LogP contribution in [0.5, 0.6) is 0 Å². The third kappa shape index (κ3) is 4.45. The van der Waals surface area contributed by atoms with Crippen molar-refractivity contribution in [2.75, 3.05) is 11.4 Å². The maximum absolute atomic E-state index is 11.1. The summed E-state index contributed by atoms with van der Waals surface area (Å²) in [6.07, 6.45) is 1.50. The van der Waals surface area contributed by atoms with E-state index in [0.717, 1.165) is 24.3 Å². The van der Waals surface area contributed by atoms with Gasteiger partial charge in [-0.3, -0.25) is 4.79 Å². The van der Waals surface area contributed by atoms with E-state index in [-0.39, 0.29) is 5.57 Å². The molecule has 0 aliphatic rings. The predicted octanol–water partition coefficient (Wildman–Crippen LogP) is 3.11. The highest BCUT2D eigenvalue weighted by Gasteiger charge is 2.06. The number of nitrogens with zero attached hydrogens (tertiary/aromatic N) is 2. The van der Waals surface area contributed by atoms with Crippen LogP contribution in [0.15, 0.2) is 60.2 Å². The maximum Gasteiger partial charge on any atom is 0.259 e. The van der Waals surface area contributed by atoms with Gasteiger partial charge >= 0.3 is 0 Å². The number of benzene rings is 2. The topological polar surface area (TPSA) is 70.1 Å². The zero-order chi connectivity index (χ0) is 16.7. The molecule has 0 spiro atoms. The minimum absolute atomic E-state index is 0.0469. The van der Waals surface area contributed by atoms with E-state index in [2.05, 4.69) is 24.0 Å². The highest BCUT2D eigenvalue weighted by molar-refractivity contribution is 6.00. The second-order valence-electron chi connectivity index (χ2n) is 5.13. The largest absolute Gasteiger partial charge is 0.367 e. The summed E-state index contributed by atoms with van der Waals surface area (Å²) in [5.74, 6) is -0.712. The van der Waals surface area contributed by atoms with Gasteiger partial charge in [0.2, 0.25) is 0 Å². The summed E-state index contributed by atoms with van der Waals surface area (Å²) in [7, 11) is 0. The van der Waals surface area contributed by atoms with Crippen LogP contribution in [0.1, 0.15) is 18.1 Å². The average Bonchev–Trinajstić information content (AvgIpc) is 2.59. The predicted molar refractivity (Wildman–Crippen MR) is 92.4 cm³/mol. The van der Waals surface area contributed by atoms with Crippen LogP contribution in [0.25, 0.3) is 6.08 Å². The number of carbonyl (C=O) groups is 1. The first kappa shape index (κ1) is 16.3. The summed E-state index contributed by atoms with van der Waals surface area (Å²) in [6, 6.07) is 19.8. The monoisotopic (exact) mass is 305 g/mol. The van der Waals surface area contributed by atoms with Gasteiger partial charge < -0.3 is 10.6 Å². The van der Waals surface area contributed by atoms with Crippen molar-refractivity contribution in [2.45, 2.75) is 13.5 Å². The Morgan fingerprint density at radius 2 is 1.83 bits per heavy atom. The van der Waals surface area contributed by atoms with E-state index in [0.29, 0.717) is 0 Å². The van der Waals surface area contributed by atoms with Gasteiger partial charge in [-0.25, -0.2) is 0 Å². The fourth-order valence-electron chi connectivity index (χ4n) is 2.30. The third-order valence-corrected chi connectivity index (χ3v) is 3.55. The van der Waals surface area contributed by atoms with Crippen LogP contribution in [0.2, 0.25) is 0 Å². The normalized spacial score (nSPS) is 10.9. The highest BCUT2D eigenvalue weighted by Crippen LogP contribution is 2.19. The van der Waals surface area contributed by atoms with Gasteiger partial charge in [0.05, 0.1) is 0 Å². The molecule has 0 aromatic heterocycles. The van der Waals surface area contributed by atoms with Gasteiger partial charge in [0, 0.05) is 18.8 Å². The fourth-order valence-corrected chi connectivity index (χ4v) is 2.30. The lowest BCUT2D eigenvalue weighted by molar-refractivity contribution is -0.114. The molecule has 0 radical (unpaired) electrons. The molecule has 2 aromatic rings. The minimum atomic E-state index is -0.712. The Morgan fingerprint density at radius 1 is 1.17 bits per heavy atom. The Bertz CT molecular complexity index is 727. The van der Waals surface area contributed by atoms with Gasteiger partial charge in [-0.15, -0.1) is 0 Å². The number of nitrogens with two attached hydrogens (primary N) is 1. The minimum Gasteiger partial charge on any atom is -0.367 e. The molecule has 0 atom stereocenters. The number of primary amides is 1. The third-order valence-electron chi connectivity index (χ3n) is 3.55. The summed E-state index contributed by atoms with van der Waals surface area (Å²) in [4.78, 5) is 13.3. The van der Waals surface area contributed by atoms with Gasteiger partial charge in [-0.1, -0.05) is 42.5 Å². The molecule has 4 heteroatoms. The summed E-state index contributed by atoms with van der Waals surface area (Å²) >= 11 is 0. The van der Waals surface area contributed by atoms with Crippen molar-refractivity contribution in [1.82, 2.24) is 0 Å². The van der Waals surface area contributed by atoms with Crippen LogP contribution in [-0.2, 0) is 11.3 Å². The lowest BCUT2D eigenvalue weighted by Gasteiger charge is -2.23. The summed E-state index contributed by atoms with van der Waals surface area (Å²) < 4.78 is 0. The number of hydrogen-bond acceptors (Lipinski definition) is 3. The summed E-state index contributed by atoms with van der Waals surface area (Å²) in [6.45, 7) is 3.82. The number of amides is 1. The highest BCUT2D eigenvalue weighted by atomic mass is 16.1. The lowest BCUT2D eigenvalue weighted by atomic mass is 10.1. The first-order valence-electron chi connectivity index (χ1n) is 7.44. The zero-order valence-corrected chi connectivity index (χ0v) is 13.1. The molecule has 0 aliphatic heterocycles. The van der Waals surface area contributed by atoms with E-state index >= 15 is 0 Å². The number of nitriles is 1. The van der Waals surface area contributed by atoms with Gasteiger partial charge in [0.25, 0.3) is 5.91 Å². The zero-order valence-electron chi connectivity index (χ0n) is 13.1. The fraction of sp³-hybridized carbons (Fsp3) is 0.158. The molecule has 0 bridgehead atoms. The number of carbonyl (C=O) groups excluding carboxylic acids is 1. The van der Waals surface area contributed by atoms with Crippen LogP contribution in [0.3, 0.4) is 0 Å². The first-order valence-corrected chi connectivity index (χ1v) is 7.44. The second-order valence-corrected chi connectivity index (χ2v) is 5.13. The quantitative estimate of drug-likeness (QED) is 0.658. The molecule has 2 aromatic carbocycles. The molecule has 23 heavy (non-hydrogen) atoms. The molecule has 0 aliphatic carbocycles. The molecule has 116 valence electrons. The van der Waals surface area contributed by atoms with Crippen molar-refractivity contribution < 1.29 is 4.79 Å². The molecule has 0 fully saturated rings.